The molecule has 0 aliphatic carbocycles. The Kier molecular flexibility index (Phi) is 4.07. The van der Waals surface area contributed by atoms with Crippen LogP contribution in [0.4, 0.5) is 0 Å². The molecule has 0 saturated heterocycles. The molecule has 0 unspecified atom stereocenters. The zero-order valence-electron chi connectivity index (χ0n) is 11.6. The molecule has 3 rings (SSSR count). The molecule has 0 N–H and O–H groups in total. The lowest BCUT2D eigenvalue weighted by Gasteiger charge is -2.13. The molecular formula is C16H9Cl2NO4. The van der Waals surface area contributed by atoms with Crippen molar-refractivity contribution < 1.29 is 19.2 Å². The molecule has 1 aliphatic heterocycles. The number of carbonyl (C=O) groups excluding carboxylic acids is 3. The second kappa shape index (κ2) is 6.02. The number of hydrogen-bond donors (Lipinski definition) is 0. The van der Waals surface area contributed by atoms with E-state index in [1.807, 2.05) is 0 Å². The third kappa shape index (κ3) is 2.93. The molecule has 2 aromatic carbocycles. The van der Waals surface area contributed by atoms with Crippen molar-refractivity contribution in [3.63, 3.8) is 0 Å². The fourth-order valence-corrected chi connectivity index (χ4v) is 2.68. The fourth-order valence-electron chi connectivity index (χ4n) is 2.20. The first-order valence-corrected chi connectivity index (χ1v) is 7.35. The van der Waals surface area contributed by atoms with Crippen molar-refractivity contribution in [2.75, 3.05) is 0 Å². The lowest BCUT2D eigenvalue weighted by atomic mass is 10.1. The minimum Gasteiger partial charge on any atom is -0.329 e. The summed E-state index contributed by atoms with van der Waals surface area (Å²) in [5.74, 6) is -2.11. The van der Waals surface area contributed by atoms with Gasteiger partial charge in [-0.1, -0.05) is 46.5 Å². The molecule has 1 heterocycles. The minimum atomic E-state index is -0.774. The summed E-state index contributed by atoms with van der Waals surface area (Å²) in [6, 6.07) is 10.9. The standard InChI is InChI=1S/C16H9Cl2NO4/c17-10-6-5-9(13(18)8-10)7-14(20)23-19-15(21)11-3-1-2-4-12(11)16(19)22/h1-6,8H,7H2. The van der Waals surface area contributed by atoms with Gasteiger partial charge < -0.3 is 4.84 Å². The molecule has 0 bridgehead atoms. The smallest absolute Gasteiger partial charge is 0.329 e. The maximum atomic E-state index is 12.1. The lowest BCUT2D eigenvalue weighted by molar-refractivity contribution is -0.167. The van der Waals surface area contributed by atoms with Gasteiger partial charge in [-0.3, -0.25) is 9.59 Å². The zero-order valence-corrected chi connectivity index (χ0v) is 13.1. The van der Waals surface area contributed by atoms with Gasteiger partial charge in [-0.15, -0.1) is 0 Å². The molecule has 0 spiro atoms. The highest BCUT2D eigenvalue weighted by atomic mass is 35.5. The average Bonchev–Trinajstić information content (AvgIpc) is 2.76. The van der Waals surface area contributed by atoms with E-state index in [1.165, 1.54) is 18.2 Å². The first-order valence-electron chi connectivity index (χ1n) is 6.60. The van der Waals surface area contributed by atoms with E-state index in [4.69, 9.17) is 28.0 Å². The van der Waals surface area contributed by atoms with Gasteiger partial charge in [0.15, 0.2) is 0 Å². The molecule has 0 atom stereocenters. The Balaban J connectivity index is 1.74. The molecule has 0 fully saturated rings. The molecule has 0 aromatic heterocycles. The maximum absolute atomic E-state index is 12.1. The average molecular weight is 350 g/mol. The molecule has 0 saturated carbocycles. The van der Waals surface area contributed by atoms with Crippen LogP contribution in [0.25, 0.3) is 0 Å². The minimum absolute atomic E-state index is 0.191. The van der Waals surface area contributed by atoms with E-state index >= 15 is 0 Å². The summed E-state index contributed by atoms with van der Waals surface area (Å²) >= 11 is 11.8. The molecule has 23 heavy (non-hydrogen) atoms. The van der Waals surface area contributed by atoms with Crippen LogP contribution in [0.5, 0.6) is 0 Å². The van der Waals surface area contributed by atoms with Gasteiger partial charge >= 0.3 is 5.97 Å². The zero-order chi connectivity index (χ0) is 16.6. The Bertz CT molecular complexity index is 800. The van der Waals surface area contributed by atoms with Crippen LogP contribution in [-0.4, -0.2) is 22.8 Å². The van der Waals surface area contributed by atoms with Gasteiger partial charge in [-0.05, 0) is 29.8 Å². The van der Waals surface area contributed by atoms with Crippen LogP contribution in [0.15, 0.2) is 42.5 Å². The van der Waals surface area contributed by atoms with Crippen LogP contribution < -0.4 is 0 Å². The van der Waals surface area contributed by atoms with E-state index < -0.39 is 17.8 Å². The molecule has 2 amide bonds. The normalized spacial score (nSPS) is 13.2. The number of fused-ring (bicyclic) bond motifs is 1. The number of nitrogens with zero attached hydrogens (tertiary/aromatic N) is 1. The van der Waals surface area contributed by atoms with Crippen LogP contribution in [0, 0.1) is 0 Å². The highest BCUT2D eigenvalue weighted by molar-refractivity contribution is 6.35. The van der Waals surface area contributed by atoms with Crippen molar-refractivity contribution in [1.82, 2.24) is 5.06 Å². The van der Waals surface area contributed by atoms with Gasteiger partial charge in [0, 0.05) is 10.0 Å². The number of hydrogen-bond acceptors (Lipinski definition) is 4. The highest BCUT2D eigenvalue weighted by Gasteiger charge is 2.38. The van der Waals surface area contributed by atoms with Gasteiger partial charge in [0.2, 0.25) is 0 Å². The summed E-state index contributed by atoms with van der Waals surface area (Å²) in [4.78, 5) is 41.1. The third-order valence-electron chi connectivity index (χ3n) is 3.30. The number of rotatable bonds is 3. The second-order valence-corrected chi connectivity index (χ2v) is 5.67. The fraction of sp³-hybridized carbons (Fsp3) is 0.0625. The van der Waals surface area contributed by atoms with Crippen molar-refractivity contribution >= 4 is 41.0 Å². The molecule has 7 heteroatoms. The number of hydroxylamine groups is 2. The lowest BCUT2D eigenvalue weighted by Crippen LogP contribution is -2.33. The van der Waals surface area contributed by atoms with E-state index in [0.29, 0.717) is 20.7 Å². The number of imide groups is 1. The molecule has 116 valence electrons. The first-order chi connectivity index (χ1) is 11.0. The van der Waals surface area contributed by atoms with E-state index in [2.05, 4.69) is 0 Å². The largest absolute Gasteiger partial charge is 0.337 e. The number of benzene rings is 2. The number of amides is 2. The Labute approximate surface area is 141 Å². The van der Waals surface area contributed by atoms with Crippen LogP contribution >= 0.6 is 23.2 Å². The third-order valence-corrected chi connectivity index (χ3v) is 3.89. The molecule has 5 nitrogen and oxygen atoms in total. The van der Waals surface area contributed by atoms with Crippen LogP contribution in [0.2, 0.25) is 10.0 Å². The molecule has 2 aromatic rings. The maximum Gasteiger partial charge on any atom is 0.337 e. The monoisotopic (exact) mass is 349 g/mol. The topological polar surface area (TPSA) is 63.7 Å². The SMILES string of the molecule is O=C(Cc1ccc(Cl)cc1Cl)ON1C(=O)c2ccccc2C1=O. The van der Waals surface area contributed by atoms with E-state index in [9.17, 15) is 14.4 Å². The molecule has 0 radical (unpaired) electrons. The summed E-state index contributed by atoms with van der Waals surface area (Å²) in [6.45, 7) is 0. The summed E-state index contributed by atoms with van der Waals surface area (Å²) in [5, 5.41) is 1.21. The summed E-state index contributed by atoms with van der Waals surface area (Å²) < 4.78 is 0. The number of carbonyl (C=O) groups is 3. The molecule has 1 aliphatic rings. The first kappa shape index (κ1) is 15.5. The summed E-state index contributed by atoms with van der Waals surface area (Å²) in [6.07, 6.45) is -0.191. The Morgan fingerprint density at radius 3 is 2.17 bits per heavy atom. The predicted molar refractivity (Wildman–Crippen MR) is 83.2 cm³/mol. The van der Waals surface area contributed by atoms with Crippen molar-refractivity contribution in [3.8, 4) is 0 Å². The molecular weight excluding hydrogens is 341 g/mol. The van der Waals surface area contributed by atoms with E-state index in [-0.39, 0.29) is 17.5 Å². The Morgan fingerprint density at radius 1 is 1.00 bits per heavy atom. The Morgan fingerprint density at radius 2 is 1.61 bits per heavy atom. The van der Waals surface area contributed by atoms with Crippen molar-refractivity contribution in [3.05, 3.63) is 69.2 Å². The van der Waals surface area contributed by atoms with Gasteiger partial charge in [-0.25, -0.2) is 4.79 Å². The van der Waals surface area contributed by atoms with Crippen LogP contribution in [0.3, 0.4) is 0 Å². The van der Waals surface area contributed by atoms with Crippen molar-refractivity contribution in [2.24, 2.45) is 0 Å². The quantitative estimate of drug-likeness (QED) is 0.797. The van der Waals surface area contributed by atoms with Crippen molar-refractivity contribution in [1.29, 1.82) is 0 Å². The van der Waals surface area contributed by atoms with Gasteiger partial charge in [0.1, 0.15) is 0 Å². The van der Waals surface area contributed by atoms with Crippen LogP contribution in [-0.2, 0) is 16.1 Å². The van der Waals surface area contributed by atoms with Crippen molar-refractivity contribution in [2.45, 2.75) is 6.42 Å². The van der Waals surface area contributed by atoms with E-state index in [0.717, 1.165) is 0 Å². The highest BCUT2D eigenvalue weighted by Crippen LogP contribution is 2.24. The second-order valence-electron chi connectivity index (χ2n) is 4.83. The summed E-state index contributed by atoms with van der Waals surface area (Å²) in [7, 11) is 0. The van der Waals surface area contributed by atoms with Gasteiger partial charge in [-0.2, -0.15) is 0 Å². The van der Waals surface area contributed by atoms with E-state index in [1.54, 1.807) is 24.3 Å². The van der Waals surface area contributed by atoms with Gasteiger partial charge in [0.05, 0.1) is 17.5 Å². The summed E-state index contributed by atoms with van der Waals surface area (Å²) in [5.41, 5.74) is 0.891. The van der Waals surface area contributed by atoms with Crippen LogP contribution in [0.1, 0.15) is 26.3 Å². The van der Waals surface area contributed by atoms with Gasteiger partial charge in [0.25, 0.3) is 11.8 Å². The Hall–Kier alpha value is -2.37. The predicted octanol–water partition coefficient (Wildman–Crippen LogP) is 3.29. The number of halogens is 2.